The molecule has 1 aromatic heterocycles. The first-order chi connectivity index (χ1) is 15.8. The van der Waals surface area contributed by atoms with Crippen molar-refractivity contribution in [2.75, 3.05) is 5.75 Å². The first-order valence-corrected chi connectivity index (χ1v) is 13.0. The van der Waals surface area contributed by atoms with Crippen molar-refractivity contribution >= 4 is 27.4 Å². The number of aromatic nitrogens is 3. The van der Waals surface area contributed by atoms with E-state index in [0.29, 0.717) is 16.5 Å². The normalized spacial score (nSPS) is 11.5. The molecule has 0 radical (unpaired) electrons. The fraction of sp³-hybridized carbons (Fsp3) is 0.160. The number of thioether (sulfide) groups is 1. The zero-order valence-corrected chi connectivity index (χ0v) is 19.9. The fourth-order valence-electron chi connectivity index (χ4n) is 3.28. The molecule has 8 heteroatoms. The summed E-state index contributed by atoms with van der Waals surface area (Å²) in [5.41, 5.74) is 3.43. The average Bonchev–Trinajstić information content (AvgIpc) is 3.20. The molecule has 0 aliphatic heterocycles. The molecule has 0 saturated carbocycles. The first-order valence-electron chi connectivity index (χ1n) is 10.4. The molecule has 0 N–H and O–H groups in total. The summed E-state index contributed by atoms with van der Waals surface area (Å²) in [7, 11) is -3.63. The van der Waals surface area contributed by atoms with Crippen molar-refractivity contribution in [2.45, 2.75) is 29.7 Å². The number of carbonyl (C=O) groups is 1. The molecule has 3 aromatic carbocycles. The van der Waals surface area contributed by atoms with Gasteiger partial charge in [0, 0.05) is 11.3 Å². The molecule has 168 valence electrons. The van der Waals surface area contributed by atoms with E-state index < -0.39 is 9.84 Å². The van der Waals surface area contributed by atoms with Crippen LogP contribution in [0.2, 0.25) is 0 Å². The molecule has 4 rings (SSSR count). The van der Waals surface area contributed by atoms with Crippen LogP contribution in [0.4, 0.5) is 0 Å². The van der Waals surface area contributed by atoms with Crippen LogP contribution in [0.5, 0.6) is 0 Å². The molecule has 4 aromatic rings. The van der Waals surface area contributed by atoms with Crippen molar-refractivity contribution in [3.8, 4) is 5.69 Å². The van der Waals surface area contributed by atoms with E-state index in [0.717, 1.165) is 16.8 Å². The van der Waals surface area contributed by atoms with Gasteiger partial charge in [0.05, 0.1) is 10.6 Å². The zero-order chi connectivity index (χ0) is 23.4. The molecule has 0 amide bonds. The lowest BCUT2D eigenvalue weighted by molar-refractivity contribution is 0.102. The second-order valence-corrected chi connectivity index (χ2v) is 10.7. The highest BCUT2D eigenvalue weighted by molar-refractivity contribution is 7.99. The molecule has 33 heavy (non-hydrogen) atoms. The van der Waals surface area contributed by atoms with Gasteiger partial charge in [-0.15, -0.1) is 10.2 Å². The van der Waals surface area contributed by atoms with Crippen LogP contribution in [0.15, 0.2) is 88.9 Å². The van der Waals surface area contributed by atoms with Gasteiger partial charge in [-0.25, -0.2) is 8.42 Å². The lowest BCUT2D eigenvalue weighted by Gasteiger charge is -2.11. The number of aryl methyl sites for hydroxylation is 2. The first kappa shape index (κ1) is 22.9. The number of ketones is 1. The summed E-state index contributed by atoms with van der Waals surface area (Å²) in [6, 6.07) is 23.5. The van der Waals surface area contributed by atoms with Crippen molar-refractivity contribution in [1.29, 1.82) is 0 Å². The Hall–Kier alpha value is -3.23. The highest BCUT2D eigenvalue weighted by atomic mass is 32.2. The van der Waals surface area contributed by atoms with Gasteiger partial charge in [0.15, 0.2) is 26.6 Å². The van der Waals surface area contributed by atoms with Gasteiger partial charge in [0.25, 0.3) is 0 Å². The minimum Gasteiger partial charge on any atom is -0.293 e. The second kappa shape index (κ2) is 9.72. The standard InChI is InChI=1S/C25H23N3O3S2/c1-18-8-12-20(13-9-18)23(29)16-32-25-27-26-24(28(25)21-6-4-3-5-7-21)17-33(30,31)22-14-10-19(2)11-15-22/h3-15H,16-17H2,1-2H3. The Balaban J connectivity index is 1.63. The fourth-order valence-corrected chi connectivity index (χ4v) is 5.38. The molecule has 0 aliphatic carbocycles. The summed E-state index contributed by atoms with van der Waals surface area (Å²) >= 11 is 1.24. The lowest BCUT2D eigenvalue weighted by atomic mass is 10.1. The van der Waals surface area contributed by atoms with Crippen LogP contribution in [0.25, 0.3) is 5.69 Å². The topological polar surface area (TPSA) is 81.9 Å². The Morgan fingerprint density at radius 1 is 0.848 bits per heavy atom. The van der Waals surface area contributed by atoms with Crippen LogP contribution in [0.3, 0.4) is 0 Å². The van der Waals surface area contributed by atoms with E-state index in [1.54, 1.807) is 41.0 Å². The van der Waals surface area contributed by atoms with Crippen LogP contribution >= 0.6 is 11.8 Å². The van der Waals surface area contributed by atoms with Gasteiger partial charge < -0.3 is 0 Å². The van der Waals surface area contributed by atoms with Gasteiger partial charge in [0.2, 0.25) is 0 Å². The molecule has 6 nitrogen and oxygen atoms in total. The molecule has 0 unspecified atom stereocenters. The third kappa shape index (κ3) is 5.40. The molecule has 0 saturated heterocycles. The quantitative estimate of drug-likeness (QED) is 0.267. The van der Waals surface area contributed by atoms with Crippen molar-refractivity contribution in [2.24, 2.45) is 0 Å². The van der Waals surface area contributed by atoms with Crippen LogP contribution in [0, 0.1) is 13.8 Å². The number of sulfone groups is 1. The van der Waals surface area contributed by atoms with E-state index >= 15 is 0 Å². The van der Waals surface area contributed by atoms with Gasteiger partial charge in [-0.2, -0.15) is 0 Å². The van der Waals surface area contributed by atoms with Gasteiger partial charge in [-0.3, -0.25) is 9.36 Å². The number of para-hydroxylation sites is 1. The third-order valence-corrected chi connectivity index (χ3v) is 7.68. The molecule has 0 spiro atoms. The number of hydrogen-bond donors (Lipinski definition) is 0. The Kier molecular flexibility index (Phi) is 6.76. The van der Waals surface area contributed by atoms with Crippen LogP contribution in [-0.2, 0) is 15.6 Å². The molecule has 1 heterocycles. The number of rotatable bonds is 8. The highest BCUT2D eigenvalue weighted by Crippen LogP contribution is 2.25. The summed E-state index contributed by atoms with van der Waals surface area (Å²) < 4.78 is 27.8. The maximum absolute atomic E-state index is 13.0. The van der Waals surface area contributed by atoms with Crippen molar-refractivity contribution < 1.29 is 13.2 Å². The highest BCUT2D eigenvalue weighted by Gasteiger charge is 2.23. The summed E-state index contributed by atoms with van der Waals surface area (Å²) in [5.74, 6) is 0.131. The number of nitrogens with zero attached hydrogens (tertiary/aromatic N) is 3. The van der Waals surface area contributed by atoms with E-state index in [1.165, 1.54) is 11.8 Å². The second-order valence-electron chi connectivity index (χ2n) is 7.72. The minimum atomic E-state index is -3.63. The Morgan fingerprint density at radius 3 is 2.09 bits per heavy atom. The molecule has 0 fully saturated rings. The predicted octanol–water partition coefficient (Wildman–Crippen LogP) is 4.83. The summed E-state index contributed by atoms with van der Waals surface area (Å²) in [6.07, 6.45) is 0. The third-order valence-electron chi connectivity index (χ3n) is 5.12. The lowest BCUT2D eigenvalue weighted by Crippen LogP contribution is -2.11. The number of benzene rings is 3. The molecule has 0 atom stereocenters. The van der Waals surface area contributed by atoms with E-state index in [1.807, 2.05) is 56.3 Å². The van der Waals surface area contributed by atoms with E-state index in [9.17, 15) is 13.2 Å². The molecular weight excluding hydrogens is 454 g/mol. The smallest absolute Gasteiger partial charge is 0.196 e. The number of hydrogen-bond acceptors (Lipinski definition) is 6. The van der Waals surface area contributed by atoms with Crippen LogP contribution in [-0.4, -0.2) is 34.7 Å². The Bertz CT molecular complexity index is 1360. The zero-order valence-electron chi connectivity index (χ0n) is 18.3. The Morgan fingerprint density at radius 2 is 1.45 bits per heavy atom. The summed E-state index contributed by atoms with van der Waals surface area (Å²) in [4.78, 5) is 12.9. The van der Waals surface area contributed by atoms with E-state index in [4.69, 9.17) is 0 Å². The Labute approximate surface area is 197 Å². The van der Waals surface area contributed by atoms with Crippen molar-refractivity contribution in [3.05, 3.63) is 101 Å². The van der Waals surface area contributed by atoms with Gasteiger partial charge in [0.1, 0.15) is 5.75 Å². The molecule has 0 bridgehead atoms. The van der Waals surface area contributed by atoms with Gasteiger partial charge >= 0.3 is 0 Å². The van der Waals surface area contributed by atoms with Gasteiger partial charge in [-0.1, -0.05) is 77.5 Å². The van der Waals surface area contributed by atoms with E-state index in [2.05, 4.69) is 10.2 Å². The summed E-state index contributed by atoms with van der Waals surface area (Å²) in [6.45, 7) is 3.88. The van der Waals surface area contributed by atoms with Crippen LogP contribution in [0.1, 0.15) is 27.3 Å². The maximum atomic E-state index is 13.0. The molecule has 0 aliphatic rings. The van der Waals surface area contributed by atoms with Crippen molar-refractivity contribution in [1.82, 2.24) is 14.8 Å². The number of Topliss-reactive ketones (excluding diaryl/α,β-unsaturated/α-hetero) is 1. The average molecular weight is 478 g/mol. The monoisotopic (exact) mass is 477 g/mol. The molecular formula is C25H23N3O3S2. The predicted molar refractivity (Wildman–Crippen MR) is 130 cm³/mol. The summed E-state index contributed by atoms with van der Waals surface area (Å²) in [5, 5.41) is 8.88. The van der Waals surface area contributed by atoms with E-state index in [-0.39, 0.29) is 22.2 Å². The number of carbonyl (C=O) groups excluding carboxylic acids is 1. The van der Waals surface area contributed by atoms with Crippen molar-refractivity contribution in [3.63, 3.8) is 0 Å². The van der Waals surface area contributed by atoms with Crippen LogP contribution < -0.4 is 0 Å². The SMILES string of the molecule is Cc1ccc(C(=O)CSc2nnc(CS(=O)(=O)c3ccc(C)cc3)n2-c2ccccc2)cc1. The largest absolute Gasteiger partial charge is 0.293 e. The maximum Gasteiger partial charge on any atom is 0.196 e. The minimum absolute atomic E-state index is 0.0311. The van der Waals surface area contributed by atoms with Gasteiger partial charge in [-0.05, 0) is 38.1 Å².